The highest BCUT2D eigenvalue weighted by molar-refractivity contribution is 6.31. The minimum Gasteiger partial charge on any atom is -0.324 e. The number of anilines is 1. The lowest BCUT2D eigenvalue weighted by molar-refractivity contribution is -0.115. The predicted octanol–water partition coefficient (Wildman–Crippen LogP) is 4.46. The van der Waals surface area contributed by atoms with E-state index in [0.717, 1.165) is 5.56 Å². The van der Waals surface area contributed by atoms with Crippen LogP contribution < -0.4 is 5.32 Å². The van der Waals surface area contributed by atoms with Crippen molar-refractivity contribution in [2.45, 2.75) is 6.42 Å². The fourth-order valence-corrected chi connectivity index (χ4v) is 2.34. The molecule has 0 unspecified atom stereocenters. The van der Waals surface area contributed by atoms with Crippen molar-refractivity contribution in [2.24, 2.45) is 4.99 Å². The molecule has 2 aromatic rings. The zero-order chi connectivity index (χ0) is 14.1. The molecule has 3 rings (SSSR count). The van der Waals surface area contributed by atoms with Gasteiger partial charge < -0.3 is 5.32 Å². The Bertz CT molecular complexity index is 708. The number of amides is 1. The molecule has 0 aliphatic carbocycles. The van der Waals surface area contributed by atoms with Gasteiger partial charge in [-0.25, -0.2) is 0 Å². The average Bonchev–Trinajstić information content (AvgIpc) is 2.57. The molecule has 3 nitrogen and oxygen atoms in total. The Kier molecular flexibility index (Phi) is 3.47. The molecule has 0 saturated heterocycles. The molecule has 0 saturated carbocycles. The topological polar surface area (TPSA) is 41.5 Å². The maximum Gasteiger partial charge on any atom is 0.230 e. The number of carbonyl (C=O) groups is 1. The number of nitrogens with zero attached hydrogens (tertiary/aromatic N) is 1. The summed E-state index contributed by atoms with van der Waals surface area (Å²) in [4.78, 5) is 16.5. The van der Waals surface area contributed by atoms with E-state index in [9.17, 15) is 4.79 Å². The Morgan fingerprint density at radius 3 is 2.45 bits per heavy atom. The molecular formula is C15H10Cl2N2O. The van der Waals surface area contributed by atoms with Crippen LogP contribution in [0.25, 0.3) is 0 Å². The molecule has 1 aliphatic heterocycles. The maximum atomic E-state index is 11.9. The molecule has 0 aromatic heterocycles. The summed E-state index contributed by atoms with van der Waals surface area (Å²) in [6, 6.07) is 12.5. The molecule has 1 aliphatic rings. The van der Waals surface area contributed by atoms with Gasteiger partial charge in [0.05, 0.1) is 23.5 Å². The van der Waals surface area contributed by atoms with Crippen LogP contribution >= 0.6 is 23.2 Å². The molecule has 0 bridgehead atoms. The standard InChI is InChI=1S/C15H10Cl2N2O/c16-10-3-1-9(2-4-10)13-8-15(20)19-12-6-5-11(17)7-14(12)18-13/h1-7H,8H2,(H,19,20). The van der Waals surface area contributed by atoms with Gasteiger partial charge in [0.2, 0.25) is 5.91 Å². The second-order valence-corrected chi connectivity index (χ2v) is 5.32. The molecule has 2 aromatic carbocycles. The quantitative estimate of drug-likeness (QED) is 0.830. The van der Waals surface area contributed by atoms with Crippen molar-refractivity contribution in [3.8, 4) is 0 Å². The highest BCUT2D eigenvalue weighted by Crippen LogP contribution is 2.31. The molecular weight excluding hydrogens is 295 g/mol. The number of halogens is 2. The minimum atomic E-state index is -0.0974. The second-order valence-electron chi connectivity index (χ2n) is 4.45. The van der Waals surface area contributed by atoms with E-state index in [0.29, 0.717) is 27.1 Å². The van der Waals surface area contributed by atoms with Crippen LogP contribution in [0, 0.1) is 0 Å². The SMILES string of the molecule is O=C1CC(c2ccc(Cl)cc2)=Nc2cc(Cl)ccc2N1. The van der Waals surface area contributed by atoms with Gasteiger partial charge in [-0.2, -0.15) is 0 Å². The predicted molar refractivity (Wildman–Crippen MR) is 82.3 cm³/mol. The van der Waals surface area contributed by atoms with Gasteiger partial charge in [-0.05, 0) is 35.9 Å². The van der Waals surface area contributed by atoms with Crippen LogP contribution in [0.2, 0.25) is 10.0 Å². The van der Waals surface area contributed by atoms with Gasteiger partial charge in [-0.1, -0.05) is 35.3 Å². The second kappa shape index (κ2) is 5.27. The van der Waals surface area contributed by atoms with Crippen LogP contribution in [0.5, 0.6) is 0 Å². The lowest BCUT2D eigenvalue weighted by Gasteiger charge is -2.03. The third-order valence-corrected chi connectivity index (χ3v) is 3.48. The van der Waals surface area contributed by atoms with E-state index in [1.54, 1.807) is 30.3 Å². The Morgan fingerprint density at radius 1 is 1.00 bits per heavy atom. The number of rotatable bonds is 1. The summed E-state index contributed by atoms with van der Waals surface area (Å²) in [7, 11) is 0. The number of hydrogen-bond donors (Lipinski definition) is 1. The Balaban J connectivity index is 2.10. The number of fused-ring (bicyclic) bond motifs is 1. The van der Waals surface area contributed by atoms with Crippen molar-refractivity contribution in [1.29, 1.82) is 0 Å². The highest BCUT2D eigenvalue weighted by Gasteiger charge is 2.17. The molecule has 0 radical (unpaired) electrons. The summed E-state index contributed by atoms with van der Waals surface area (Å²) in [5, 5.41) is 4.05. The van der Waals surface area contributed by atoms with E-state index in [4.69, 9.17) is 23.2 Å². The van der Waals surface area contributed by atoms with Gasteiger partial charge >= 0.3 is 0 Å². The van der Waals surface area contributed by atoms with Gasteiger partial charge in [0.25, 0.3) is 0 Å². The van der Waals surface area contributed by atoms with Gasteiger partial charge in [0.15, 0.2) is 0 Å². The molecule has 0 fully saturated rings. The van der Waals surface area contributed by atoms with E-state index < -0.39 is 0 Å². The number of benzene rings is 2. The maximum absolute atomic E-state index is 11.9. The van der Waals surface area contributed by atoms with E-state index in [-0.39, 0.29) is 12.3 Å². The summed E-state index contributed by atoms with van der Waals surface area (Å²) in [5.41, 5.74) is 2.90. The van der Waals surface area contributed by atoms with E-state index in [1.165, 1.54) is 0 Å². The fraction of sp³-hybridized carbons (Fsp3) is 0.0667. The third kappa shape index (κ3) is 2.69. The van der Waals surface area contributed by atoms with Crippen LogP contribution in [-0.2, 0) is 4.79 Å². The van der Waals surface area contributed by atoms with Gasteiger partial charge in [0.1, 0.15) is 0 Å². The number of hydrogen-bond acceptors (Lipinski definition) is 2. The average molecular weight is 305 g/mol. The zero-order valence-electron chi connectivity index (χ0n) is 10.4. The molecule has 1 amide bonds. The molecule has 20 heavy (non-hydrogen) atoms. The summed E-state index contributed by atoms with van der Waals surface area (Å²) >= 11 is 11.9. The molecule has 1 N–H and O–H groups in total. The summed E-state index contributed by atoms with van der Waals surface area (Å²) < 4.78 is 0. The number of carbonyl (C=O) groups excluding carboxylic acids is 1. The minimum absolute atomic E-state index is 0.0974. The van der Waals surface area contributed by atoms with Crippen molar-refractivity contribution in [3.63, 3.8) is 0 Å². The molecule has 100 valence electrons. The summed E-state index contributed by atoms with van der Waals surface area (Å²) in [6.45, 7) is 0. The van der Waals surface area contributed by atoms with Gasteiger partial charge in [0, 0.05) is 10.0 Å². The fourth-order valence-electron chi connectivity index (χ4n) is 2.04. The lowest BCUT2D eigenvalue weighted by Crippen LogP contribution is -2.14. The first kappa shape index (κ1) is 13.2. The zero-order valence-corrected chi connectivity index (χ0v) is 11.9. The number of nitrogens with one attached hydrogen (secondary N) is 1. The molecule has 1 heterocycles. The van der Waals surface area contributed by atoms with E-state index in [1.807, 2.05) is 12.1 Å². The lowest BCUT2D eigenvalue weighted by atomic mass is 10.1. The van der Waals surface area contributed by atoms with Crippen LogP contribution in [0.1, 0.15) is 12.0 Å². The van der Waals surface area contributed by atoms with Gasteiger partial charge in [-0.15, -0.1) is 0 Å². The summed E-state index contributed by atoms with van der Waals surface area (Å²) in [6.07, 6.45) is 0.216. The number of aliphatic imine (C=N–C) groups is 1. The van der Waals surface area contributed by atoms with Crippen molar-refractivity contribution in [1.82, 2.24) is 0 Å². The highest BCUT2D eigenvalue weighted by atomic mass is 35.5. The smallest absolute Gasteiger partial charge is 0.230 e. The Labute approximate surface area is 126 Å². The van der Waals surface area contributed by atoms with Gasteiger partial charge in [-0.3, -0.25) is 9.79 Å². The Hall–Kier alpha value is -1.84. The van der Waals surface area contributed by atoms with E-state index >= 15 is 0 Å². The van der Waals surface area contributed by atoms with E-state index in [2.05, 4.69) is 10.3 Å². The first-order chi connectivity index (χ1) is 9.61. The third-order valence-electron chi connectivity index (χ3n) is 2.99. The van der Waals surface area contributed by atoms with Crippen LogP contribution in [0.4, 0.5) is 11.4 Å². The normalized spacial score (nSPS) is 14.1. The Morgan fingerprint density at radius 2 is 1.70 bits per heavy atom. The first-order valence-electron chi connectivity index (χ1n) is 6.05. The largest absolute Gasteiger partial charge is 0.324 e. The molecule has 0 atom stereocenters. The van der Waals surface area contributed by atoms with Crippen LogP contribution in [0.3, 0.4) is 0 Å². The van der Waals surface area contributed by atoms with Crippen molar-refractivity contribution < 1.29 is 4.79 Å². The van der Waals surface area contributed by atoms with Crippen molar-refractivity contribution >= 4 is 46.2 Å². The van der Waals surface area contributed by atoms with Crippen molar-refractivity contribution in [2.75, 3.05) is 5.32 Å². The van der Waals surface area contributed by atoms with Crippen LogP contribution in [-0.4, -0.2) is 11.6 Å². The summed E-state index contributed by atoms with van der Waals surface area (Å²) in [5.74, 6) is -0.0974. The molecule has 5 heteroatoms. The van der Waals surface area contributed by atoms with Crippen molar-refractivity contribution in [3.05, 3.63) is 58.1 Å². The van der Waals surface area contributed by atoms with Crippen LogP contribution in [0.15, 0.2) is 47.5 Å². The monoisotopic (exact) mass is 304 g/mol. The first-order valence-corrected chi connectivity index (χ1v) is 6.80. The molecule has 0 spiro atoms.